The summed E-state index contributed by atoms with van der Waals surface area (Å²) in [5.41, 5.74) is 2.78. The van der Waals surface area contributed by atoms with E-state index in [4.69, 9.17) is 9.16 Å². The van der Waals surface area contributed by atoms with Crippen LogP contribution in [0.25, 0.3) is 0 Å². The molecule has 3 nitrogen and oxygen atoms in total. The van der Waals surface area contributed by atoms with Crippen LogP contribution in [-0.2, 0) is 20.6 Å². The van der Waals surface area contributed by atoms with Gasteiger partial charge < -0.3 is 9.16 Å². The monoisotopic (exact) mass is 388 g/mol. The van der Waals surface area contributed by atoms with Gasteiger partial charge in [0.05, 0.1) is 19.3 Å². The number of allylic oxidation sites excluding steroid dienone is 1. The predicted octanol–water partition coefficient (Wildman–Crippen LogP) is 5.91. The van der Waals surface area contributed by atoms with E-state index in [1.807, 2.05) is 18.2 Å². The van der Waals surface area contributed by atoms with E-state index in [0.717, 1.165) is 30.3 Å². The molecule has 0 fully saturated rings. The lowest BCUT2D eigenvalue weighted by Gasteiger charge is -2.48. The molecule has 0 radical (unpaired) electrons. The molecule has 150 valence electrons. The highest BCUT2D eigenvalue weighted by Crippen LogP contribution is 2.46. The Morgan fingerprint density at radius 2 is 1.85 bits per heavy atom. The number of hydrogen-bond acceptors (Lipinski definition) is 3. The molecule has 0 bridgehead atoms. The summed E-state index contributed by atoms with van der Waals surface area (Å²) < 4.78 is 12.9. The van der Waals surface area contributed by atoms with Gasteiger partial charge in [-0.25, -0.2) is 0 Å². The first-order chi connectivity index (χ1) is 12.5. The molecule has 0 N–H and O–H groups in total. The summed E-state index contributed by atoms with van der Waals surface area (Å²) in [6.07, 6.45) is 2.91. The maximum Gasteiger partial charge on any atom is 0.192 e. The third kappa shape index (κ3) is 4.98. The molecule has 0 heterocycles. The van der Waals surface area contributed by atoms with Gasteiger partial charge in [0.2, 0.25) is 0 Å². The summed E-state index contributed by atoms with van der Waals surface area (Å²) in [7, 11) is -1.94. The fourth-order valence-electron chi connectivity index (χ4n) is 3.54. The van der Waals surface area contributed by atoms with E-state index in [1.165, 1.54) is 5.57 Å². The molecule has 0 aliphatic heterocycles. The summed E-state index contributed by atoms with van der Waals surface area (Å²) in [6, 6.07) is 10.2. The zero-order valence-electron chi connectivity index (χ0n) is 18.1. The molecule has 1 aliphatic rings. The van der Waals surface area contributed by atoms with Crippen LogP contribution in [0.2, 0.25) is 18.1 Å². The van der Waals surface area contributed by atoms with Gasteiger partial charge >= 0.3 is 0 Å². The minimum Gasteiger partial charge on any atom is -0.413 e. The molecule has 0 amide bonds. The molecule has 1 aromatic carbocycles. The highest BCUT2D eigenvalue weighted by molar-refractivity contribution is 6.74. The van der Waals surface area contributed by atoms with Crippen LogP contribution in [0.5, 0.6) is 0 Å². The molecule has 0 saturated heterocycles. The summed E-state index contributed by atoms with van der Waals surface area (Å²) >= 11 is 0. The smallest absolute Gasteiger partial charge is 0.192 e. The summed E-state index contributed by atoms with van der Waals surface area (Å²) in [6.45, 7) is 16.6. The maximum absolute atomic E-state index is 12.0. The van der Waals surface area contributed by atoms with Gasteiger partial charge in [-0.3, -0.25) is 4.79 Å². The van der Waals surface area contributed by atoms with Crippen molar-refractivity contribution in [2.45, 2.75) is 78.3 Å². The van der Waals surface area contributed by atoms with Crippen molar-refractivity contribution in [3.8, 4) is 0 Å². The van der Waals surface area contributed by atoms with Crippen LogP contribution >= 0.6 is 0 Å². The Bertz CT molecular complexity index is 673. The Balaban J connectivity index is 2.23. The van der Waals surface area contributed by atoms with Crippen LogP contribution in [-0.4, -0.2) is 27.3 Å². The predicted molar refractivity (Wildman–Crippen MR) is 114 cm³/mol. The van der Waals surface area contributed by atoms with Crippen molar-refractivity contribution in [3.63, 3.8) is 0 Å². The van der Waals surface area contributed by atoms with Gasteiger partial charge in [-0.15, -0.1) is 0 Å². The van der Waals surface area contributed by atoms with Crippen LogP contribution in [0.15, 0.2) is 41.5 Å². The second kappa shape index (κ2) is 8.42. The van der Waals surface area contributed by atoms with Crippen LogP contribution in [0.4, 0.5) is 0 Å². The average molecular weight is 389 g/mol. The van der Waals surface area contributed by atoms with Crippen molar-refractivity contribution in [3.05, 3.63) is 47.0 Å². The summed E-state index contributed by atoms with van der Waals surface area (Å²) in [5.74, 6) is 0. The largest absolute Gasteiger partial charge is 0.413 e. The number of ether oxygens (including phenoxy) is 1. The van der Waals surface area contributed by atoms with Crippen molar-refractivity contribution < 1.29 is 14.0 Å². The van der Waals surface area contributed by atoms with Gasteiger partial charge in [0.15, 0.2) is 8.32 Å². The maximum atomic E-state index is 12.0. The Hall–Kier alpha value is -1.23. The fraction of sp³-hybridized carbons (Fsp3) is 0.609. The lowest BCUT2D eigenvalue weighted by atomic mass is 9.70. The molecule has 2 rings (SSSR count). The Morgan fingerprint density at radius 3 is 2.41 bits per heavy atom. The highest BCUT2D eigenvalue weighted by atomic mass is 28.4. The third-order valence-corrected chi connectivity index (χ3v) is 10.9. The molecular formula is C23H36O3Si. The topological polar surface area (TPSA) is 35.5 Å². The third-order valence-electron chi connectivity index (χ3n) is 6.44. The van der Waals surface area contributed by atoms with Gasteiger partial charge in [-0.05, 0) is 43.5 Å². The number of rotatable bonds is 7. The minimum atomic E-state index is -1.94. The molecule has 2 atom stereocenters. The summed E-state index contributed by atoms with van der Waals surface area (Å²) in [5, 5.41) is 0.135. The van der Waals surface area contributed by atoms with E-state index >= 15 is 0 Å². The Labute approximate surface area is 166 Å². The van der Waals surface area contributed by atoms with Crippen LogP contribution in [0, 0.1) is 5.41 Å². The Kier molecular flexibility index (Phi) is 6.88. The molecule has 0 spiro atoms. The number of benzene rings is 1. The molecular weight excluding hydrogens is 352 g/mol. The molecule has 0 unspecified atom stereocenters. The first-order valence-electron chi connectivity index (χ1n) is 9.96. The molecule has 4 heteroatoms. The van der Waals surface area contributed by atoms with Gasteiger partial charge in [0.25, 0.3) is 0 Å². The fourth-order valence-corrected chi connectivity index (χ4v) is 4.99. The minimum absolute atomic E-state index is 0.0121. The highest BCUT2D eigenvalue weighted by Gasteiger charge is 2.47. The van der Waals surface area contributed by atoms with Crippen molar-refractivity contribution in [1.29, 1.82) is 0 Å². The normalized spacial score (nSPS) is 24.2. The average Bonchev–Trinajstić information content (AvgIpc) is 2.58. The second-order valence-electron chi connectivity index (χ2n) is 9.61. The van der Waals surface area contributed by atoms with E-state index in [9.17, 15) is 4.79 Å². The van der Waals surface area contributed by atoms with Crippen molar-refractivity contribution in [2.75, 3.05) is 6.61 Å². The van der Waals surface area contributed by atoms with E-state index in [2.05, 4.69) is 59.8 Å². The second-order valence-corrected chi connectivity index (χ2v) is 14.4. The van der Waals surface area contributed by atoms with E-state index in [0.29, 0.717) is 13.2 Å². The van der Waals surface area contributed by atoms with Gasteiger partial charge in [0, 0.05) is 11.0 Å². The lowest BCUT2D eigenvalue weighted by Crippen LogP contribution is -2.52. The van der Waals surface area contributed by atoms with E-state index in [1.54, 1.807) is 0 Å². The number of hydrogen-bond donors (Lipinski definition) is 0. The summed E-state index contributed by atoms with van der Waals surface area (Å²) in [4.78, 5) is 12.0. The SMILES string of the molecule is CC1=C(C=O)[C@](C)(COCc2ccccc2)[C@@H](O[Si](C)(C)C(C)(C)C)CC1. The molecule has 27 heavy (non-hydrogen) atoms. The van der Waals surface area contributed by atoms with E-state index in [-0.39, 0.29) is 11.1 Å². The van der Waals surface area contributed by atoms with E-state index < -0.39 is 13.7 Å². The van der Waals surface area contributed by atoms with Crippen LogP contribution in [0.3, 0.4) is 0 Å². The number of carbonyl (C=O) groups excluding carboxylic acids is 1. The molecule has 1 aliphatic carbocycles. The van der Waals surface area contributed by atoms with Crippen molar-refractivity contribution in [1.82, 2.24) is 0 Å². The quantitative estimate of drug-likeness (QED) is 0.430. The number of carbonyl (C=O) groups is 1. The molecule has 0 saturated carbocycles. The number of aldehydes is 1. The first kappa shape index (κ1) is 22.1. The Morgan fingerprint density at radius 1 is 1.22 bits per heavy atom. The molecule has 1 aromatic rings. The first-order valence-corrected chi connectivity index (χ1v) is 12.9. The van der Waals surface area contributed by atoms with Crippen molar-refractivity contribution >= 4 is 14.6 Å². The van der Waals surface area contributed by atoms with Crippen LogP contribution in [0.1, 0.15) is 53.0 Å². The van der Waals surface area contributed by atoms with Gasteiger partial charge in [-0.2, -0.15) is 0 Å². The molecule has 0 aromatic heterocycles. The van der Waals surface area contributed by atoms with Crippen LogP contribution < -0.4 is 0 Å². The zero-order chi connectivity index (χ0) is 20.3. The zero-order valence-corrected chi connectivity index (χ0v) is 19.1. The van der Waals surface area contributed by atoms with Gasteiger partial charge in [-0.1, -0.05) is 63.6 Å². The van der Waals surface area contributed by atoms with Gasteiger partial charge in [0.1, 0.15) is 6.29 Å². The standard InChI is InChI=1S/C23H36O3Si/c1-18-13-14-21(26-27(6,7)22(2,3)4)23(5,20(18)15-24)17-25-16-19-11-9-8-10-12-19/h8-12,15,21H,13-14,16-17H2,1-7H3/t21-,23-/m0/s1. The lowest BCUT2D eigenvalue weighted by molar-refractivity contribution is -0.108. The van der Waals surface area contributed by atoms with Crippen molar-refractivity contribution in [2.24, 2.45) is 5.41 Å².